The SMILES string of the molecule is CC1(C)CC(Nc2cc(Cl)ccc2Br)C(C)(C)O1. The molecule has 1 aromatic rings. The van der Waals surface area contributed by atoms with Gasteiger partial charge in [0, 0.05) is 9.50 Å². The number of hydrogen-bond acceptors (Lipinski definition) is 2. The second-order valence-corrected chi connectivity index (χ2v) is 7.28. The molecule has 0 aromatic heterocycles. The van der Waals surface area contributed by atoms with Gasteiger partial charge < -0.3 is 10.1 Å². The number of rotatable bonds is 2. The van der Waals surface area contributed by atoms with Crippen LogP contribution in [-0.4, -0.2) is 17.2 Å². The lowest BCUT2D eigenvalue weighted by molar-refractivity contribution is -0.0662. The van der Waals surface area contributed by atoms with Gasteiger partial charge in [0.2, 0.25) is 0 Å². The zero-order chi connectivity index (χ0) is 13.6. The molecule has 2 rings (SSSR count). The van der Waals surface area contributed by atoms with Crippen LogP contribution >= 0.6 is 27.5 Å². The fraction of sp³-hybridized carbons (Fsp3) is 0.571. The summed E-state index contributed by atoms with van der Waals surface area (Å²) in [5, 5.41) is 4.27. The normalized spacial score (nSPS) is 25.1. The Labute approximate surface area is 122 Å². The maximum atomic E-state index is 6.08. The standard InChI is InChI=1S/C14H19BrClNO/c1-13(2)8-12(14(3,4)18-13)17-11-7-9(16)5-6-10(11)15/h5-7,12,17H,8H2,1-4H3. The molecule has 1 N–H and O–H groups in total. The molecular formula is C14H19BrClNO. The minimum atomic E-state index is -0.189. The van der Waals surface area contributed by atoms with Crippen LogP contribution in [-0.2, 0) is 4.74 Å². The Morgan fingerprint density at radius 3 is 2.56 bits per heavy atom. The molecule has 1 aliphatic heterocycles. The van der Waals surface area contributed by atoms with Gasteiger partial charge in [0.1, 0.15) is 0 Å². The highest BCUT2D eigenvalue weighted by Gasteiger charge is 2.45. The van der Waals surface area contributed by atoms with E-state index in [1.54, 1.807) is 0 Å². The van der Waals surface area contributed by atoms with Crippen LogP contribution in [0, 0.1) is 0 Å². The van der Waals surface area contributed by atoms with Crippen LogP contribution in [0.3, 0.4) is 0 Å². The fourth-order valence-corrected chi connectivity index (χ4v) is 3.12. The van der Waals surface area contributed by atoms with E-state index in [0.29, 0.717) is 0 Å². The van der Waals surface area contributed by atoms with Crippen molar-refractivity contribution in [3.8, 4) is 0 Å². The molecule has 1 saturated heterocycles. The van der Waals surface area contributed by atoms with Gasteiger partial charge in [-0.1, -0.05) is 11.6 Å². The molecule has 0 bridgehead atoms. The third-order valence-corrected chi connectivity index (χ3v) is 4.26. The van der Waals surface area contributed by atoms with Crippen LogP contribution in [0.4, 0.5) is 5.69 Å². The molecule has 0 spiro atoms. The van der Waals surface area contributed by atoms with E-state index < -0.39 is 0 Å². The minimum Gasteiger partial charge on any atom is -0.378 e. The molecule has 100 valence electrons. The molecule has 1 aliphatic rings. The summed E-state index contributed by atoms with van der Waals surface area (Å²) in [6.07, 6.45) is 0.971. The fourth-order valence-electron chi connectivity index (χ4n) is 2.58. The van der Waals surface area contributed by atoms with Crippen LogP contribution in [0.1, 0.15) is 34.1 Å². The van der Waals surface area contributed by atoms with Gasteiger partial charge in [0.05, 0.1) is 22.9 Å². The van der Waals surface area contributed by atoms with Crippen molar-refractivity contribution in [3.63, 3.8) is 0 Å². The van der Waals surface area contributed by atoms with Crippen LogP contribution in [0.25, 0.3) is 0 Å². The van der Waals surface area contributed by atoms with Gasteiger partial charge in [-0.2, -0.15) is 0 Å². The summed E-state index contributed by atoms with van der Waals surface area (Å²) in [6.45, 7) is 8.50. The maximum absolute atomic E-state index is 6.08. The molecule has 1 unspecified atom stereocenters. The van der Waals surface area contributed by atoms with Gasteiger partial charge in [-0.15, -0.1) is 0 Å². The lowest BCUT2D eigenvalue weighted by Gasteiger charge is -2.28. The third-order valence-electron chi connectivity index (χ3n) is 3.33. The summed E-state index contributed by atoms with van der Waals surface area (Å²) < 4.78 is 7.10. The summed E-state index contributed by atoms with van der Waals surface area (Å²) in [7, 11) is 0. The van der Waals surface area contributed by atoms with Crippen molar-refractivity contribution in [2.24, 2.45) is 0 Å². The Bertz CT molecular complexity index is 459. The van der Waals surface area contributed by atoms with Gasteiger partial charge in [-0.25, -0.2) is 0 Å². The molecule has 0 radical (unpaired) electrons. The smallest absolute Gasteiger partial charge is 0.0834 e. The van der Waals surface area contributed by atoms with Crippen molar-refractivity contribution in [2.45, 2.75) is 51.4 Å². The second kappa shape index (κ2) is 4.69. The first kappa shape index (κ1) is 14.2. The molecule has 1 atom stereocenters. The van der Waals surface area contributed by atoms with Crippen molar-refractivity contribution in [3.05, 3.63) is 27.7 Å². The Balaban J connectivity index is 2.21. The summed E-state index contributed by atoms with van der Waals surface area (Å²) in [4.78, 5) is 0. The Morgan fingerprint density at radius 1 is 1.33 bits per heavy atom. The molecule has 1 fully saturated rings. The predicted octanol–water partition coefficient (Wildman–Crippen LogP) is 4.86. The predicted molar refractivity (Wildman–Crippen MR) is 80.4 cm³/mol. The summed E-state index contributed by atoms with van der Waals surface area (Å²) >= 11 is 9.58. The number of hydrogen-bond donors (Lipinski definition) is 1. The van der Waals surface area contributed by atoms with Crippen LogP contribution in [0.5, 0.6) is 0 Å². The number of nitrogens with one attached hydrogen (secondary N) is 1. The van der Waals surface area contributed by atoms with Crippen LogP contribution < -0.4 is 5.32 Å². The molecule has 0 aliphatic carbocycles. The number of halogens is 2. The highest BCUT2D eigenvalue weighted by atomic mass is 79.9. The molecule has 2 nitrogen and oxygen atoms in total. The summed E-state index contributed by atoms with van der Waals surface area (Å²) in [5.74, 6) is 0. The average Bonchev–Trinajstić information content (AvgIpc) is 2.40. The monoisotopic (exact) mass is 331 g/mol. The van der Waals surface area contributed by atoms with E-state index in [1.807, 2.05) is 18.2 Å². The van der Waals surface area contributed by atoms with E-state index in [-0.39, 0.29) is 17.2 Å². The Hall–Kier alpha value is -0.250. The van der Waals surface area contributed by atoms with Gasteiger partial charge >= 0.3 is 0 Å². The van der Waals surface area contributed by atoms with Crippen molar-refractivity contribution < 1.29 is 4.74 Å². The second-order valence-electron chi connectivity index (χ2n) is 5.99. The van der Waals surface area contributed by atoms with Crippen molar-refractivity contribution >= 4 is 33.2 Å². The molecular weight excluding hydrogens is 314 g/mol. The number of benzene rings is 1. The first-order valence-corrected chi connectivity index (χ1v) is 7.28. The zero-order valence-electron chi connectivity index (χ0n) is 11.2. The van der Waals surface area contributed by atoms with E-state index in [2.05, 4.69) is 48.9 Å². The molecule has 1 aromatic carbocycles. The number of ether oxygens (including phenoxy) is 1. The van der Waals surface area contributed by atoms with Crippen LogP contribution in [0.15, 0.2) is 22.7 Å². The molecule has 18 heavy (non-hydrogen) atoms. The van der Waals surface area contributed by atoms with Gasteiger partial charge in [-0.05, 0) is 68.2 Å². The quantitative estimate of drug-likeness (QED) is 0.835. The topological polar surface area (TPSA) is 21.3 Å². The van der Waals surface area contributed by atoms with E-state index in [4.69, 9.17) is 16.3 Å². The van der Waals surface area contributed by atoms with Gasteiger partial charge in [0.15, 0.2) is 0 Å². The average molecular weight is 333 g/mol. The van der Waals surface area contributed by atoms with Crippen molar-refractivity contribution in [2.75, 3.05) is 5.32 Å². The van der Waals surface area contributed by atoms with E-state index >= 15 is 0 Å². The van der Waals surface area contributed by atoms with Crippen LogP contribution in [0.2, 0.25) is 5.02 Å². The Kier molecular flexibility index (Phi) is 3.69. The number of anilines is 1. The van der Waals surface area contributed by atoms with Gasteiger partial charge in [-0.3, -0.25) is 0 Å². The first-order valence-electron chi connectivity index (χ1n) is 6.11. The lowest BCUT2D eigenvalue weighted by atomic mass is 9.94. The maximum Gasteiger partial charge on any atom is 0.0834 e. The van der Waals surface area contributed by atoms with E-state index in [0.717, 1.165) is 21.6 Å². The highest BCUT2D eigenvalue weighted by molar-refractivity contribution is 9.10. The van der Waals surface area contributed by atoms with Crippen molar-refractivity contribution in [1.29, 1.82) is 0 Å². The zero-order valence-corrected chi connectivity index (χ0v) is 13.5. The third kappa shape index (κ3) is 3.01. The molecule has 0 saturated carbocycles. The summed E-state index contributed by atoms with van der Waals surface area (Å²) in [5.41, 5.74) is 0.735. The molecule has 0 amide bonds. The Morgan fingerprint density at radius 2 is 2.00 bits per heavy atom. The van der Waals surface area contributed by atoms with Gasteiger partial charge in [0.25, 0.3) is 0 Å². The molecule has 4 heteroatoms. The lowest BCUT2D eigenvalue weighted by Crippen LogP contribution is -2.38. The minimum absolute atomic E-state index is 0.0911. The first-order chi connectivity index (χ1) is 8.20. The highest BCUT2D eigenvalue weighted by Crippen LogP contribution is 2.40. The molecule has 1 heterocycles. The summed E-state index contributed by atoms with van der Waals surface area (Å²) in [6, 6.07) is 6.03. The van der Waals surface area contributed by atoms with E-state index in [1.165, 1.54) is 0 Å². The van der Waals surface area contributed by atoms with E-state index in [9.17, 15) is 0 Å². The van der Waals surface area contributed by atoms with Crippen molar-refractivity contribution in [1.82, 2.24) is 0 Å². The largest absolute Gasteiger partial charge is 0.378 e.